The normalized spacial score (nSPS) is 14.5. The van der Waals surface area contributed by atoms with E-state index in [1.54, 1.807) is 38.2 Å². The summed E-state index contributed by atoms with van der Waals surface area (Å²) in [6.07, 6.45) is -0.785. The fraction of sp³-hybridized carbons (Fsp3) is 0.368. The van der Waals surface area contributed by atoms with Gasteiger partial charge in [-0.15, -0.1) is 0 Å². The molecule has 6 nitrogen and oxygen atoms in total. The molecule has 3 rings (SSSR count). The van der Waals surface area contributed by atoms with Gasteiger partial charge in [-0.2, -0.15) is 13.2 Å². The Bertz CT molecular complexity index is 1040. The third-order valence-electron chi connectivity index (χ3n) is 4.67. The molecule has 0 saturated heterocycles. The molecule has 0 bridgehead atoms. The topological polar surface area (TPSA) is 83.6 Å². The molecule has 2 N–H and O–H groups in total. The molecule has 0 aliphatic carbocycles. The molecule has 3 aromatic heterocycles. The minimum atomic E-state index is -4.47. The number of hydrogen-bond acceptors (Lipinski definition) is 4. The Kier molecular flexibility index (Phi) is 4.97. The SMILES string of the molecule is [2H]c1[nH]c2ncccc2c1-c1nccc(C[C@](C)(CC)C(=O)NCC(F)(F)F)n1. The fourth-order valence-electron chi connectivity index (χ4n) is 2.85. The quantitative estimate of drug-likeness (QED) is 0.671. The van der Waals surface area contributed by atoms with E-state index >= 15 is 0 Å². The largest absolute Gasteiger partial charge is 0.405 e. The van der Waals surface area contributed by atoms with Gasteiger partial charge in [0.15, 0.2) is 5.82 Å². The van der Waals surface area contributed by atoms with Gasteiger partial charge in [0.25, 0.3) is 0 Å². The van der Waals surface area contributed by atoms with Crippen LogP contribution in [0.5, 0.6) is 0 Å². The lowest BCUT2D eigenvalue weighted by Crippen LogP contribution is -2.44. The minimum absolute atomic E-state index is 0.108. The summed E-state index contributed by atoms with van der Waals surface area (Å²) in [7, 11) is 0. The number of fused-ring (bicyclic) bond motifs is 1. The standard InChI is InChI=1S/C19H20F3N5O/c1-3-18(2,17(28)26-11-19(20,21)22)9-12-6-8-24-16(27-12)14-10-25-15-13(14)5-4-7-23-15/h4-8,10H,3,9,11H2,1-2H3,(H,23,25)(H,26,28)/t18-/m0/s1/i10D. The summed E-state index contributed by atoms with van der Waals surface area (Å²) in [5.74, 6) is -0.393. The molecule has 9 heteroatoms. The van der Waals surface area contributed by atoms with Gasteiger partial charge in [-0.25, -0.2) is 15.0 Å². The average Bonchev–Trinajstić information content (AvgIpc) is 3.01. The Morgan fingerprint density at radius 3 is 2.79 bits per heavy atom. The number of aromatic amines is 1. The Labute approximate surface area is 161 Å². The number of alkyl halides is 3. The lowest BCUT2D eigenvalue weighted by atomic mass is 9.81. The zero-order valence-electron chi connectivity index (χ0n) is 16.4. The highest BCUT2D eigenvalue weighted by atomic mass is 19.4. The molecule has 0 saturated carbocycles. The van der Waals surface area contributed by atoms with Crippen LogP contribution in [0.1, 0.15) is 27.3 Å². The van der Waals surface area contributed by atoms with Crippen LogP contribution >= 0.6 is 0 Å². The van der Waals surface area contributed by atoms with Crippen molar-refractivity contribution in [2.45, 2.75) is 32.9 Å². The predicted molar refractivity (Wildman–Crippen MR) is 98.3 cm³/mol. The summed E-state index contributed by atoms with van der Waals surface area (Å²) < 4.78 is 45.5. The van der Waals surface area contributed by atoms with Crippen molar-refractivity contribution in [2.75, 3.05) is 6.54 Å². The number of amides is 1. The zero-order chi connectivity index (χ0) is 21.2. The number of aromatic nitrogens is 4. The molecule has 3 aromatic rings. The van der Waals surface area contributed by atoms with Crippen LogP contribution in [-0.4, -0.2) is 38.6 Å². The maximum atomic E-state index is 12.4. The molecule has 0 fully saturated rings. The fourth-order valence-corrected chi connectivity index (χ4v) is 2.85. The summed E-state index contributed by atoms with van der Waals surface area (Å²) in [5.41, 5.74) is 0.447. The van der Waals surface area contributed by atoms with Crippen LogP contribution in [0.3, 0.4) is 0 Å². The highest BCUT2D eigenvalue weighted by Gasteiger charge is 2.35. The van der Waals surface area contributed by atoms with Crippen molar-refractivity contribution in [3.8, 4) is 11.4 Å². The van der Waals surface area contributed by atoms with Crippen LogP contribution in [0.25, 0.3) is 22.4 Å². The molecule has 0 unspecified atom stereocenters. The van der Waals surface area contributed by atoms with Crippen LogP contribution in [-0.2, 0) is 11.2 Å². The second-order valence-corrected chi connectivity index (χ2v) is 6.78. The van der Waals surface area contributed by atoms with Gasteiger partial charge >= 0.3 is 6.18 Å². The van der Waals surface area contributed by atoms with E-state index < -0.39 is 24.0 Å². The lowest BCUT2D eigenvalue weighted by molar-refractivity contribution is -0.144. The van der Waals surface area contributed by atoms with E-state index in [4.69, 9.17) is 1.37 Å². The van der Waals surface area contributed by atoms with Gasteiger partial charge < -0.3 is 10.3 Å². The highest BCUT2D eigenvalue weighted by molar-refractivity contribution is 5.91. The van der Waals surface area contributed by atoms with E-state index in [0.717, 1.165) is 0 Å². The number of halogens is 3. The summed E-state index contributed by atoms with van der Waals surface area (Å²) in [4.78, 5) is 28.1. The molecule has 0 aliphatic rings. The third-order valence-corrected chi connectivity index (χ3v) is 4.67. The number of carbonyl (C=O) groups is 1. The molecule has 1 amide bonds. The predicted octanol–water partition coefficient (Wildman–Crippen LogP) is 3.66. The van der Waals surface area contributed by atoms with Crippen LogP contribution in [0.15, 0.2) is 36.8 Å². The summed E-state index contributed by atoms with van der Waals surface area (Å²) >= 11 is 0. The Morgan fingerprint density at radius 2 is 2.07 bits per heavy atom. The maximum absolute atomic E-state index is 12.4. The van der Waals surface area contributed by atoms with E-state index in [1.807, 2.05) is 5.32 Å². The van der Waals surface area contributed by atoms with Crippen LogP contribution in [0.2, 0.25) is 0 Å². The van der Waals surface area contributed by atoms with Gasteiger partial charge in [-0.1, -0.05) is 13.8 Å². The van der Waals surface area contributed by atoms with Gasteiger partial charge in [0.05, 0.1) is 6.79 Å². The number of nitrogens with one attached hydrogen (secondary N) is 2. The molecule has 0 spiro atoms. The van der Waals surface area contributed by atoms with Crippen molar-refractivity contribution >= 4 is 16.9 Å². The van der Waals surface area contributed by atoms with E-state index in [0.29, 0.717) is 34.5 Å². The maximum Gasteiger partial charge on any atom is 0.405 e. The van der Waals surface area contributed by atoms with Gasteiger partial charge in [-0.3, -0.25) is 4.79 Å². The lowest BCUT2D eigenvalue weighted by Gasteiger charge is -2.27. The monoisotopic (exact) mass is 392 g/mol. The van der Waals surface area contributed by atoms with Gasteiger partial charge in [0.1, 0.15) is 12.2 Å². The van der Waals surface area contributed by atoms with Crippen molar-refractivity contribution in [2.24, 2.45) is 5.41 Å². The number of nitrogens with zero attached hydrogens (tertiary/aromatic N) is 3. The minimum Gasteiger partial charge on any atom is -0.347 e. The molecular formula is C19H20F3N5O. The number of pyridine rings is 1. The molecular weight excluding hydrogens is 371 g/mol. The smallest absolute Gasteiger partial charge is 0.347 e. The number of carbonyl (C=O) groups excluding carboxylic acids is 1. The van der Waals surface area contributed by atoms with E-state index in [-0.39, 0.29) is 12.6 Å². The molecule has 28 heavy (non-hydrogen) atoms. The molecule has 0 radical (unpaired) electrons. The Balaban J connectivity index is 1.88. The van der Waals surface area contributed by atoms with Gasteiger partial charge in [-0.05, 0) is 24.6 Å². The van der Waals surface area contributed by atoms with Crippen molar-refractivity contribution in [3.63, 3.8) is 0 Å². The second kappa shape index (κ2) is 7.57. The van der Waals surface area contributed by atoms with Crippen LogP contribution < -0.4 is 5.32 Å². The van der Waals surface area contributed by atoms with Crippen LogP contribution in [0, 0.1) is 5.41 Å². The molecule has 0 aliphatic heterocycles. The van der Waals surface area contributed by atoms with E-state index in [9.17, 15) is 18.0 Å². The van der Waals surface area contributed by atoms with Crippen LogP contribution in [0.4, 0.5) is 13.2 Å². The third kappa shape index (κ3) is 4.29. The first-order chi connectivity index (χ1) is 13.6. The molecule has 3 heterocycles. The number of H-pyrrole nitrogens is 1. The highest BCUT2D eigenvalue weighted by Crippen LogP contribution is 2.29. The Hall–Kier alpha value is -2.97. The van der Waals surface area contributed by atoms with Crippen molar-refractivity contribution in [1.29, 1.82) is 0 Å². The summed E-state index contributed by atoms with van der Waals surface area (Å²) in [6.45, 7) is 1.97. The molecule has 1 atom stereocenters. The van der Waals surface area contributed by atoms with Crippen molar-refractivity contribution in [3.05, 3.63) is 42.5 Å². The van der Waals surface area contributed by atoms with Crippen molar-refractivity contribution in [1.82, 2.24) is 25.3 Å². The van der Waals surface area contributed by atoms with Gasteiger partial charge in [0.2, 0.25) is 5.91 Å². The first kappa shape index (κ1) is 18.4. The average molecular weight is 392 g/mol. The zero-order valence-corrected chi connectivity index (χ0v) is 15.4. The number of hydrogen-bond donors (Lipinski definition) is 2. The first-order valence-electron chi connectivity index (χ1n) is 9.23. The second-order valence-electron chi connectivity index (χ2n) is 6.78. The summed E-state index contributed by atoms with van der Waals surface area (Å²) in [6, 6.07) is 5.15. The summed E-state index contributed by atoms with van der Waals surface area (Å²) in [5, 5.41) is 2.65. The van der Waals surface area contributed by atoms with Crippen molar-refractivity contribution < 1.29 is 19.3 Å². The molecule has 0 aromatic carbocycles. The first-order valence-corrected chi connectivity index (χ1v) is 8.73. The Morgan fingerprint density at radius 1 is 1.29 bits per heavy atom. The molecule has 148 valence electrons. The number of rotatable bonds is 6. The van der Waals surface area contributed by atoms with Gasteiger partial charge in [0, 0.05) is 41.6 Å². The van der Waals surface area contributed by atoms with E-state index in [2.05, 4.69) is 19.9 Å². The van der Waals surface area contributed by atoms with E-state index in [1.165, 1.54) is 6.20 Å².